The highest BCUT2D eigenvalue weighted by Gasteiger charge is 2.19. The molecule has 0 aromatic heterocycles. The van der Waals surface area contributed by atoms with Gasteiger partial charge in [-0.3, -0.25) is 4.79 Å². The highest BCUT2D eigenvalue weighted by molar-refractivity contribution is 7.80. The van der Waals surface area contributed by atoms with Gasteiger partial charge in [0.25, 0.3) is 5.91 Å². The molecule has 0 unspecified atom stereocenters. The van der Waals surface area contributed by atoms with Gasteiger partial charge in [-0.1, -0.05) is 19.1 Å². The van der Waals surface area contributed by atoms with Crippen molar-refractivity contribution >= 4 is 34.6 Å². The summed E-state index contributed by atoms with van der Waals surface area (Å²) in [4.78, 5) is 17.1. The lowest BCUT2D eigenvalue weighted by molar-refractivity contribution is 0.0724. The van der Waals surface area contributed by atoms with E-state index in [1.807, 2.05) is 29.2 Å². The number of nitrogens with one attached hydrogen (secondary N) is 2. The molecule has 0 bridgehead atoms. The van der Waals surface area contributed by atoms with Gasteiger partial charge in [-0.25, -0.2) is 0 Å². The number of thiocarbonyl (C=S) groups is 1. The molecule has 2 fully saturated rings. The lowest BCUT2D eigenvalue weighted by Crippen LogP contribution is -2.35. The molecule has 2 aromatic carbocycles. The molecule has 176 valence electrons. The maximum Gasteiger partial charge on any atom is 0.253 e. The molecule has 2 heterocycles. The number of anilines is 2. The molecule has 2 aliphatic rings. The van der Waals surface area contributed by atoms with Gasteiger partial charge in [0.15, 0.2) is 5.11 Å². The van der Waals surface area contributed by atoms with E-state index in [2.05, 4.69) is 53.6 Å². The number of likely N-dealkylation sites (tertiary alicyclic amines) is 1. The van der Waals surface area contributed by atoms with E-state index in [1.54, 1.807) is 0 Å². The van der Waals surface area contributed by atoms with E-state index in [4.69, 9.17) is 12.2 Å². The average Bonchev–Trinajstić information content (AvgIpc) is 2.84. The van der Waals surface area contributed by atoms with Crippen molar-refractivity contribution in [3.05, 3.63) is 59.7 Å². The number of carbonyl (C=O) groups is 1. The van der Waals surface area contributed by atoms with Crippen molar-refractivity contribution in [3.8, 4) is 0 Å². The fraction of sp³-hybridized carbons (Fsp3) is 0.481. The summed E-state index contributed by atoms with van der Waals surface area (Å²) in [6.45, 7) is 8.47. The molecule has 0 radical (unpaired) electrons. The topological polar surface area (TPSA) is 47.6 Å². The molecule has 2 saturated heterocycles. The highest BCUT2D eigenvalue weighted by atomic mass is 32.1. The van der Waals surface area contributed by atoms with Crippen LogP contribution in [0.3, 0.4) is 0 Å². The zero-order chi connectivity index (χ0) is 23.2. The van der Waals surface area contributed by atoms with Crippen LogP contribution in [0, 0.1) is 5.92 Å². The third kappa shape index (κ3) is 6.26. The predicted molar refractivity (Wildman–Crippen MR) is 141 cm³/mol. The van der Waals surface area contributed by atoms with Crippen molar-refractivity contribution in [3.63, 3.8) is 0 Å². The quantitative estimate of drug-likeness (QED) is 0.564. The number of amides is 1. The summed E-state index contributed by atoms with van der Waals surface area (Å²) in [6.07, 6.45) is 6.02. The van der Waals surface area contributed by atoms with Crippen LogP contribution in [-0.4, -0.2) is 42.1 Å². The molecular formula is C27H36N4OS. The first-order chi connectivity index (χ1) is 16.0. The first-order valence-corrected chi connectivity index (χ1v) is 12.7. The number of rotatable bonds is 5. The summed E-state index contributed by atoms with van der Waals surface area (Å²) in [5, 5.41) is 7.19. The van der Waals surface area contributed by atoms with Crippen molar-refractivity contribution in [2.24, 2.45) is 5.92 Å². The summed E-state index contributed by atoms with van der Waals surface area (Å²) < 4.78 is 0. The maximum absolute atomic E-state index is 12.6. The third-order valence-electron chi connectivity index (χ3n) is 6.80. The molecule has 2 aliphatic heterocycles. The second-order valence-electron chi connectivity index (χ2n) is 9.54. The average molecular weight is 465 g/mol. The van der Waals surface area contributed by atoms with Crippen LogP contribution in [-0.2, 0) is 0 Å². The van der Waals surface area contributed by atoms with Crippen molar-refractivity contribution in [1.82, 2.24) is 10.2 Å². The van der Waals surface area contributed by atoms with Gasteiger partial charge in [-0.05, 0) is 99.1 Å². The van der Waals surface area contributed by atoms with Gasteiger partial charge < -0.3 is 20.4 Å². The highest BCUT2D eigenvalue weighted by Crippen LogP contribution is 2.25. The van der Waals surface area contributed by atoms with Crippen LogP contribution < -0.4 is 15.5 Å². The Bertz CT molecular complexity index is 938. The molecule has 0 spiro atoms. The Hall–Kier alpha value is -2.60. The SMILES string of the molecule is C[C@H]1CCCN(c2ccc([C@@H](C)NC(=S)Nc3ccc(C(=O)N4CCCCC4)cc3)cc2)C1. The molecule has 5 nitrogen and oxygen atoms in total. The van der Waals surface area contributed by atoms with Crippen LogP contribution in [0.15, 0.2) is 48.5 Å². The number of hydrogen-bond acceptors (Lipinski definition) is 3. The van der Waals surface area contributed by atoms with Crippen LogP contribution in [0.2, 0.25) is 0 Å². The van der Waals surface area contributed by atoms with Gasteiger partial charge >= 0.3 is 0 Å². The summed E-state index contributed by atoms with van der Waals surface area (Å²) in [7, 11) is 0. The number of carbonyl (C=O) groups excluding carboxylic acids is 1. The van der Waals surface area contributed by atoms with E-state index in [1.165, 1.54) is 30.5 Å². The molecule has 1 amide bonds. The lowest BCUT2D eigenvalue weighted by Gasteiger charge is -2.33. The van der Waals surface area contributed by atoms with E-state index in [0.717, 1.165) is 56.2 Å². The lowest BCUT2D eigenvalue weighted by atomic mass is 9.99. The molecule has 6 heteroatoms. The molecule has 0 aliphatic carbocycles. The number of benzene rings is 2. The molecule has 0 saturated carbocycles. The first-order valence-electron chi connectivity index (χ1n) is 12.3. The van der Waals surface area contributed by atoms with Gasteiger partial charge in [-0.15, -0.1) is 0 Å². The second kappa shape index (κ2) is 11.0. The van der Waals surface area contributed by atoms with Crippen LogP contribution in [0.4, 0.5) is 11.4 Å². The minimum atomic E-state index is 0.0966. The van der Waals surface area contributed by atoms with E-state index >= 15 is 0 Å². The Morgan fingerprint density at radius 3 is 2.33 bits per heavy atom. The second-order valence-corrected chi connectivity index (χ2v) is 9.94. The molecular weight excluding hydrogens is 428 g/mol. The fourth-order valence-corrected chi connectivity index (χ4v) is 5.12. The van der Waals surface area contributed by atoms with Crippen molar-refractivity contribution in [2.75, 3.05) is 36.4 Å². The van der Waals surface area contributed by atoms with Crippen molar-refractivity contribution < 1.29 is 4.79 Å². The van der Waals surface area contributed by atoms with E-state index < -0.39 is 0 Å². The first kappa shape index (κ1) is 23.6. The number of piperidine rings is 2. The van der Waals surface area contributed by atoms with Crippen LogP contribution in [0.1, 0.15) is 67.9 Å². The van der Waals surface area contributed by atoms with Crippen LogP contribution in [0.25, 0.3) is 0 Å². The van der Waals surface area contributed by atoms with Crippen molar-refractivity contribution in [2.45, 2.75) is 52.0 Å². The molecule has 2 atom stereocenters. The summed E-state index contributed by atoms with van der Waals surface area (Å²) in [6, 6.07) is 16.5. The Labute approximate surface area is 203 Å². The van der Waals surface area contributed by atoms with Gasteiger partial charge in [0, 0.05) is 43.1 Å². The molecule has 2 N–H and O–H groups in total. The third-order valence-corrected chi connectivity index (χ3v) is 7.02. The zero-order valence-corrected chi connectivity index (χ0v) is 20.7. The Morgan fingerprint density at radius 1 is 0.970 bits per heavy atom. The van der Waals surface area contributed by atoms with Gasteiger partial charge in [-0.2, -0.15) is 0 Å². The minimum absolute atomic E-state index is 0.0966. The predicted octanol–water partition coefficient (Wildman–Crippen LogP) is 5.60. The maximum atomic E-state index is 12.6. The minimum Gasteiger partial charge on any atom is -0.371 e. The monoisotopic (exact) mass is 464 g/mol. The number of hydrogen-bond donors (Lipinski definition) is 2. The van der Waals surface area contributed by atoms with Gasteiger partial charge in [0.05, 0.1) is 6.04 Å². The summed E-state index contributed by atoms with van der Waals surface area (Å²) in [5.41, 5.74) is 4.12. The number of nitrogens with zero attached hydrogens (tertiary/aromatic N) is 2. The largest absolute Gasteiger partial charge is 0.371 e. The Kier molecular flexibility index (Phi) is 7.86. The smallest absolute Gasteiger partial charge is 0.253 e. The van der Waals surface area contributed by atoms with E-state index in [9.17, 15) is 4.79 Å². The van der Waals surface area contributed by atoms with E-state index in [-0.39, 0.29) is 11.9 Å². The Balaban J connectivity index is 1.28. The van der Waals surface area contributed by atoms with E-state index in [0.29, 0.717) is 5.11 Å². The molecule has 2 aromatic rings. The standard InChI is InChI=1S/C27H36N4OS/c1-20-7-6-18-31(19-20)25-14-10-22(11-15-25)21(2)28-27(33)29-24-12-8-23(9-13-24)26(32)30-16-4-3-5-17-30/h8-15,20-21H,3-7,16-19H2,1-2H3,(H2,28,29,33)/t20-,21+/m0/s1. The normalized spacial score (nSPS) is 19.6. The zero-order valence-electron chi connectivity index (χ0n) is 19.8. The van der Waals surface area contributed by atoms with Gasteiger partial charge in [0.1, 0.15) is 0 Å². The van der Waals surface area contributed by atoms with Crippen LogP contribution >= 0.6 is 12.2 Å². The van der Waals surface area contributed by atoms with Crippen LogP contribution in [0.5, 0.6) is 0 Å². The van der Waals surface area contributed by atoms with Crippen molar-refractivity contribution in [1.29, 1.82) is 0 Å². The summed E-state index contributed by atoms with van der Waals surface area (Å²) in [5.74, 6) is 0.887. The molecule has 33 heavy (non-hydrogen) atoms. The summed E-state index contributed by atoms with van der Waals surface area (Å²) >= 11 is 5.53. The molecule has 4 rings (SSSR count). The van der Waals surface area contributed by atoms with Gasteiger partial charge in [0.2, 0.25) is 0 Å². The Morgan fingerprint density at radius 2 is 1.67 bits per heavy atom. The fourth-order valence-electron chi connectivity index (χ4n) is 4.82.